The lowest BCUT2D eigenvalue weighted by Crippen LogP contribution is -2.33. The molecule has 0 saturated heterocycles. The van der Waals surface area contributed by atoms with Gasteiger partial charge in [0.15, 0.2) is 12.3 Å². The van der Waals surface area contributed by atoms with Crippen molar-refractivity contribution in [3.63, 3.8) is 0 Å². The van der Waals surface area contributed by atoms with Crippen molar-refractivity contribution in [1.82, 2.24) is 0 Å². The van der Waals surface area contributed by atoms with Gasteiger partial charge in [-0.2, -0.15) is 13.2 Å². The standard InChI is InChI=1S/C18H20F3NO/c1-13(2)22(23)12-17(9-5-6-14(3)11-17)15-7-4-8-16(10-15)18(19,20)21/h4-8,10-13H,9H2,1-3H3. The SMILES string of the molecule is CC1=CC(C=[N+]([O-])C(C)C)(c2cccc(C(F)(F)F)c2)CC=C1. The smallest absolute Gasteiger partial charge is 0.416 e. The topological polar surface area (TPSA) is 26.1 Å². The molecule has 1 unspecified atom stereocenters. The average molecular weight is 323 g/mol. The highest BCUT2D eigenvalue weighted by atomic mass is 19.4. The molecular weight excluding hydrogens is 303 g/mol. The normalized spacial score (nSPS) is 22.4. The van der Waals surface area contributed by atoms with Crippen molar-refractivity contribution >= 4 is 6.21 Å². The zero-order chi connectivity index (χ0) is 17.3. The number of hydrogen-bond acceptors (Lipinski definition) is 1. The van der Waals surface area contributed by atoms with Crippen molar-refractivity contribution in [2.75, 3.05) is 0 Å². The Kier molecular flexibility index (Phi) is 4.68. The second-order valence-electron chi connectivity index (χ2n) is 6.20. The minimum atomic E-state index is -4.41. The number of halogens is 3. The highest BCUT2D eigenvalue weighted by Crippen LogP contribution is 2.37. The maximum absolute atomic E-state index is 13.0. The predicted molar refractivity (Wildman–Crippen MR) is 85.5 cm³/mol. The van der Waals surface area contributed by atoms with Crippen LogP contribution in [0.25, 0.3) is 0 Å². The summed E-state index contributed by atoms with van der Waals surface area (Å²) < 4.78 is 39.9. The molecular formula is C18H20F3NO. The number of hydrogen-bond donors (Lipinski definition) is 0. The minimum Gasteiger partial charge on any atom is -0.624 e. The summed E-state index contributed by atoms with van der Waals surface area (Å²) >= 11 is 0. The molecule has 124 valence electrons. The predicted octanol–water partition coefficient (Wildman–Crippen LogP) is 4.84. The molecule has 0 aromatic heterocycles. The molecule has 1 aliphatic carbocycles. The van der Waals surface area contributed by atoms with Gasteiger partial charge in [-0.3, -0.25) is 0 Å². The first kappa shape index (κ1) is 17.3. The lowest BCUT2D eigenvalue weighted by Gasteiger charge is -2.29. The summed E-state index contributed by atoms with van der Waals surface area (Å²) in [4.78, 5) is 0. The average Bonchev–Trinajstić information content (AvgIpc) is 2.46. The molecule has 0 aliphatic heterocycles. The molecule has 1 aromatic carbocycles. The monoisotopic (exact) mass is 323 g/mol. The highest BCUT2D eigenvalue weighted by Gasteiger charge is 2.36. The Balaban J connectivity index is 2.60. The van der Waals surface area contributed by atoms with Gasteiger partial charge in [-0.05, 0) is 38.8 Å². The van der Waals surface area contributed by atoms with E-state index in [-0.39, 0.29) is 6.04 Å². The van der Waals surface area contributed by atoms with Crippen LogP contribution in [0.5, 0.6) is 0 Å². The van der Waals surface area contributed by atoms with Crippen LogP contribution < -0.4 is 0 Å². The van der Waals surface area contributed by atoms with Crippen LogP contribution in [0.15, 0.2) is 48.1 Å². The lowest BCUT2D eigenvalue weighted by molar-refractivity contribution is -0.489. The summed E-state index contributed by atoms with van der Waals surface area (Å²) in [7, 11) is 0. The molecule has 0 fully saturated rings. The van der Waals surface area contributed by atoms with Crippen molar-refractivity contribution in [3.8, 4) is 0 Å². The van der Waals surface area contributed by atoms with Gasteiger partial charge in [0.05, 0.1) is 11.0 Å². The molecule has 0 saturated carbocycles. The van der Waals surface area contributed by atoms with Crippen molar-refractivity contribution < 1.29 is 17.9 Å². The summed E-state index contributed by atoms with van der Waals surface area (Å²) in [6.07, 6.45) is 3.19. The van der Waals surface area contributed by atoms with Gasteiger partial charge in [-0.25, -0.2) is 4.74 Å². The molecule has 0 heterocycles. The second kappa shape index (κ2) is 6.22. The van der Waals surface area contributed by atoms with Gasteiger partial charge in [0.25, 0.3) is 0 Å². The molecule has 2 nitrogen and oxygen atoms in total. The van der Waals surface area contributed by atoms with Crippen molar-refractivity contribution in [2.24, 2.45) is 0 Å². The van der Waals surface area contributed by atoms with Crippen LogP contribution >= 0.6 is 0 Å². The Bertz CT molecular complexity index is 671. The number of nitrogens with zero attached hydrogens (tertiary/aromatic N) is 1. The van der Waals surface area contributed by atoms with E-state index in [1.807, 2.05) is 25.2 Å². The maximum Gasteiger partial charge on any atom is 0.416 e. The van der Waals surface area contributed by atoms with Gasteiger partial charge in [0.1, 0.15) is 0 Å². The molecule has 1 aliphatic rings. The first-order chi connectivity index (χ1) is 10.6. The molecule has 1 aromatic rings. The van der Waals surface area contributed by atoms with Gasteiger partial charge in [-0.1, -0.05) is 42.0 Å². The largest absolute Gasteiger partial charge is 0.624 e. The number of hydroxylamine groups is 1. The second-order valence-corrected chi connectivity index (χ2v) is 6.20. The molecule has 5 heteroatoms. The fraction of sp³-hybridized carbons (Fsp3) is 0.389. The molecule has 0 amide bonds. The Morgan fingerprint density at radius 1 is 1.30 bits per heavy atom. The number of alkyl halides is 3. The zero-order valence-electron chi connectivity index (χ0n) is 13.4. The van der Waals surface area contributed by atoms with Gasteiger partial charge in [-0.15, -0.1) is 0 Å². The molecule has 0 N–H and O–H groups in total. The van der Waals surface area contributed by atoms with Gasteiger partial charge >= 0.3 is 6.18 Å². The van der Waals surface area contributed by atoms with Crippen LogP contribution in [0.1, 0.15) is 38.3 Å². The van der Waals surface area contributed by atoms with Crippen LogP contribution in [0, 0.1) is 5.21 Å². The van der Waals surface area contributed by atoms with E-state index in [9.17, 15) is 18.4 Å². The third-order valence-corrected chi connectivity index (χ3v) is 3.92. The number of allylic oxidation sites excluding steroid dienone is 4. The quantitative estimate of drug-likeness (QED) is 0.338. The van der Waals surface area contributed by atoms with Crippen LogP contribution in [0.4, 0.5) is 13.2 Å². The van der Waals surface area contributed by atoms with Crippen LogP contribution in [0.2, 0.25) is 0 Å². The number of rotatable bonds is 3. The molecule has 1 atom stereocenters. The van der Waals surface area contributed by atoms with E-state index in [0.717, 1.165) is 22.4 Å². The Hall–Kier alpha value is -2.04. The van der Waals surface area contributed by atoms with E-state index in [0.29, 0.717) is 12.0 Å². The fourth-order valence-electron chi connectivity index (χ4n) is 2.68. The lowest BCUT2D eigenvalue weighted by atomic mass is 9.74. The molecule has 0 bridgehead atoms. The molecule has 2 rings (SSSR count). The van der Waals surface area contributed by atoms with Gasteiger partial charge in [0, 0.05) is 0 Å². The third-order valence-electron chi connectivity index (χ3n) is 3.92. The van der Waals surface area contributed by atoms with E-state index in [1.54, 1.807) is 19.9 Å². The Morgan fingerprint density at radius 3 is 2.57 bits per heavy atom. The maximum atomic E-state index is 13.0. The summed E-state index contributed by atoms with van der Waals surface area (Å²) in [5, 5.41) is 12.2. The van der Waals surface area contributed by atoms with Crippen molar-refractivity contribution in [1.29, 1.82) is 0 Å². The van der Waals surface area contributed by atoms with Crippen LogP contribution in [0.3, 0.4) is 0 Å². The summed E-state index contributed by atoms with van der Waals surface area (Å²) in [5.74, 6) is 0. The molecule has 23 heavy (non-hydrogen) atoms. The van der Waals surface area contributed by atoms with Gasteiger partial charge in [0.2, 0.25) is 0 Å². The first-order valence-corrected chi connectivity index (χ1v) is 7.49. The summed E-state index contributed by atoms with van der Waals surface area (Å²) in [5.41, 5.74) is -0.170. The Morgan fingerprint density at radius 2 is 2.00 bits per heavy atom. The molecule has 0 spiro atoms. The number of benzene rings is 1. The van der Waals surface area contributed by atoms with Crippen molar-refractivity contribution in [3.05, 3.63) is 64.4 Å². The fourth-order valence-corrected chi connectivity index (χ4v) is 2.68. The molecule has 0 radical (unpaired) electrons. The van der Waals surface area contributed by atoms with Crippen LogP contribution in [-0.4, -0.2) is 17.0 Å². The Labute approximate surface area is 134 Å². The van der Waals surface area contributed by atoms with E-state index in [4.69, 9.17) is 0 Å². The summed E-state index contributed by atoms with van der Waals surface area (Å²) in [6, 6.07) is 4.93. The van der Waals surface area contributed by atoms with E-state index in [1.165, 1.54) is 12.3 Å². The summed E-state index contributed by atoms with van der Waals surface area (Å²) in [6.45, 7) is 5.37. The minimum absolute atomic E-state index is 0.280. The van der Waals surface area contributed by atoms with Crippen molar-refractivity contribution in [2.45, 2.75) is 44.8 Å². The van der Waals surface area contributed by atoms with E-state index >= 15 is 0 Å². The highest BCUT2D eigenvalue weighted by molar-refractivity contribution is 5.75. The third kappa shape index (κ3) is 3.84. The van der Waals surface area contributed by atoms with E-state index < -0.39 is 17.2 Å². The van der Waals surface area contributed by atoms with Crippen LogP contribution in [-0.2, 0) is 11.6 Å². The first-order valence-electron chi connectivity index (χ1n) is 7.49. The zero-order valence-corrected chi connectivity index (χ0v) is 13.4. The van der Waals surface area contributed by atoms with Gasteiger partial charge < -0.3 is 5.21 Å². The van der Waals surface area contributed by atoms with E-state index in [2.05, 4.69) is 0 Å².